The largest absolute Gasteiger partial charge is 0.444 e. The number of hydrogen-bond acceptors (Lipinski definition) is 4. The highest BCUT2D eigenvalue weighted by molar-refractivity contribution is 5.67. The summed E-state index contributed by atoms with van der Waals surface area (Å²) < 4.78 is 10.9. The molecule has 2 unspecified atom stereocenters. The summed E-state index contributed by atoms with van der Waals surface area (Å²) in [6.07, 6.45) is 6.83. The monoisotopic (exact) mass is 328 g/mol. The summed E-state index contributed by atoms with van der Waals surface area (Å²) in [7, 11) is 0. The molecule has 0 aromatic carbocycles. The molecule has 0 aliphatic heterocycles. The lowest BCUT2D eigenvalue weighted by molar-refractivity contribution is 0.0509. The molecule has 23 heavy (non-hydrogen) atoms. The standard InChI is InChI=1S/C18H36N2O3/c1-5-6-12-22-13-11-19-16-10-8-7-9-15(16)14-20-17(21)23-18(2,3)4/h15-16,19H,5-14H2,1-4H3,(H,20,21). The third-order valence-corrected chi connectivity index (χ3v) is 4.11. The molecule has 1 saturated carbocycles. The number of hydrogen-bond donors (Lipinski definition) is 2. The highest BCUT2D eigenvalue weighted by Gasteiger charge is 2.25. The van der Waals surface area contributed by atoms with Gasteiger partial charge in [0, 0.05) is 25.7 Å². The van der Waals surface area contributed by atoms with E-state index in [-0.39, 0.29) is 6.09 Å². The van der Waals surface area contributed by atoms with Crippen molar-refractivity contribution in [1.82, 2.24) is 10.6 Å². The predicted octanol–water partition coefficient (Wildman–Crippen LogP) is 3.48. The molecule has 0 heterocycles. The number of ether oxygens (including phenoxy) is 2. The third kappa shape index (κ3) is 9.82. The van der Waals surface area contributed by atoms with Crippen LogP contribution in [0.5, 0.6) is 0 Å². The van der Waals surface area contributed by atoms with Crippen LogP contribution in [0.4, 0.5) is 4.79 Å². The zero-order chi connectivity index (χ0) is 17.1. The van der Waals surface area contributed by atoms with Crippen molar-refractivity contribution >= 4 is 6.09 Å². The Morgan fingerprint density at radius 3 is 2.61 bits per heavy atom. The van der Waals surface area contributed by atoms with Crippen LogP contribution in [0.15, 0.2) is 0 Å². The van der Waals surface area contributed by atoms with Gasteiger partial charge in [-0.2, -0.15) is 0 Å². The van der Waals surface area contributed by atoms with Gasteiger partial charge in [-0.05, 0) is 46.0 Å². The number of nitrogens with one attached hydrogen (secondary N) is 2. The van der Waals surface area contributed by atoms with Gasteiger partial charge in [0.05, 0.1) is 6.61 Å². The third-order valence-electron chi connectivity index (χ3n) is 4.11. The van der Waals surface area contributed by atoms with Crippen LogP contribution >= 0.6 is 0 Å². The Morgan fingerprint density at radius 2 is 1.91 bits per heavy atom. The summed E-state index contributed by atoms with van der Waals surface area (Å²) in [5.41, 5.74) is -0.440. The zero-order valence-electron chi connectivity index (χ0n) is 15.5. The van der Waals surface area contributed by atoms with Gasteiger partial charge in [0.1, 0.15) is 5.60 Å². The fraction of sp³-hybridized carbons (Fsp3) is 0.944. The first-order valence-electron chi connectivity index (χ1n) is 9.20. The van der Waals surface area contributed by atoms with E-state index in [1.54, 1.807) is 0 Å². The van der Waals surface area contributed by atoms with E-state index in [2.05, 4.69) is 17.6 Å². The number of amides is 1. The van der Waals surface area contributed by atoms with Crippen LogP contribution < -0.4 is 10.6 Å². The zero-order valence-corrected chi connectivity index (χ0v) is 15.5. The molecule has 5 nitrogen and oxygen atoms in total. The van der Waals surface area contributed by atoms with Crippen molar-refractivity contribution in [2.75, 3.05) is 26.3 Å². The molecule has 0 spiro atoms. The van der Waals surface area contributed by atoms with E-state index in [1.807, 2.05) is 20.8 Å². The van der Waals surface area contributed by atoms with Crippen LogP contribution in [0.3, 0.4) is 0 Å². The van der Waals surface area contributed by atoms with Crippen LogP contribution in [0.1, 0.15) is 66.2 Å². The molecule has 1 fully saturated rings. The molecule has 0 aromatic heterocycles. The average molecular weight is 328 g/mol. The first-order valence-corrected chi connectivity index (χ1v) is 9.20. The summed E-state index contributed by atoms with van der Waals surface area (Å²) >= 11 is 0. The minimum Gasteiger partial charge on any atom is -0.444 e. The number of rotatable bonds is 9. The van der Waals surface area contributed by atoms with Gasteiger partial charge in [-0.1, -0.05) is 26.2 Å². The molecule has 2 N–H and O–H groups in total. The van der Waals surface area contributed by atoms with E-state index in [4.69, 9.17) is 9.47 Å². The fourth-order valence-electron chi connectivity index (χ4n) is 2.91. The quantitative estimate of drug-likeness (QED) is 0.636. The second-order valence-electron chi connectivity index (χ2n) is 7.45. The minimum atomic E-state index is -0.440. The van der Waals surface area contributed by atoms with E-state index < -0.39 is 5.60 Å². The van der Waals surface area contributed by atoms with Crippen molar-refractivity contribution in [3.63, 3.8) is 0 Å². The minimum absolute atomic E-state index is 0.315. The van der Waals surface area contributed by atoms with Gasteiger partial charge < -0.3 is 20.1 Å². The summed E-state index contributed by atoms with van der Waals surface area (Å²) in [6, 6.07) is 0.466. The first-order chi connectivity index (χ1) is 10.9. The Bertz CT molecular complexity index is 329. The molecule has 1 aliphatic carbocycles. The van der Waals surface area contributed by atoms with Gasteiger partial charge in [0.2, 0.25) is 0 Å². The number of alkyl carbamates (subject to hydrolysis) is 1. The van der Waals surface area contributed by atoms with Crippen LogP contribution in [0, 0.1) is 5.92 Å². The number of carbonyl (C=O) groups is 1. The van der Waals surface area contributed by atoms with Gasteiger partial charge in [-0.25, -0.2) is 4.79 Å². The highest BCUT2D eigenvalue weighted by atomic mass is 16.6. The van der Waals surface area contributed by atoms with E-state index in [0.717, 1.165) is 32.6 Å². The second kappa shape index (κ2) is 10.9. The maximum absolute atomic E-state index is 11.8. The molecule has 2 atom stereocenters. The summed E-state index contributed by atoms with van der Waals surface area (Å²) in [5, 5.41) is 6.53. The molecule has 1 aliphatic rings. The second-order valence-corrected chi connectivity index (χ2v) is 7.45. The molecule has 1 amide bonds. The molecular weight excluding hydrogens is 292 g/mol. The Labute approximate surface area is 141 Å². The Morgan fingerprint density at radius 1 is 1.17 bits per heavy atom. The number of carbonyl (C=O) groups excluding carboxylic acids is 1. The van der Waals surface area contributed by atoms with Crippen molar-refractivity contribution in [2.24, 2.45) is 5.92 Å². The topological polar surface area (TPSA) is 59.6 Å². The summed E-state index contributed by atoms with van der Waals surface area (Å²) in [6.45, 7) is 11.0. The van der Waals surface area contributed by atoms with Gasteiger partial charge >= 0.3 is 6.09 Å². The molecular formula is C18H36N2O3. The normalized spacial score (nSPS) is 21.9. The maximum atomic E-state index is 11.8. The molecule has 5 heteroatoms. The molecule has 0 bridgehead atoms. The Hall–Kier alpha value is -0.810. The van der Waals surface area contributed by atoms with Gasteiger partial charge in [-0.15, -0.1) is 0 Å². The van der Waals surface area contributed by atoms with Crippen molar-refractivity contribution < 1.29 is 14.3 Å². The SMILES string of the molecule is CCCCOCCNC1CCCCC1CNC(=O)OC(C)(C)C. The predicted molar refractivity (Wildman–Crippen MR) is 93.7 cm³/mol. The van der Waals surface area contributed by atoms with Crippen LogP contribution in [0.25, 0.3) is 0 Å². The lowest BCUT2D eigenvalue weighted by Gasteiger charge is -2.32. The summed E-state index contributed by atoms with van der Waals surface area (Å²) in [4.78, 5) is 11.8. The number of unbranched alkanes of at least 4 members (excludes halogenated alkanes) is 1. The van der Waals surface area contributed by atoms with Crippen LogP contribution in [-0.2, 0) is 9.47 Å². The van der Waals surface area contributed by atoms with Gasteiger partial charge in [0.15, 0.2) is 0 Å². The van der Waals surface area contributed by atoms with Crippen molar-refractivity contribution in [3.05, 3.63) is 0 Å². The van der Waals surface area contributed by atoms with E-state index in [0.29, 0.717) is 18.5 Å². The average Bonchev–Trinajstić information content (AvgIpc) is 2.48. The van der Waals surface area contributed by atoms with E-state index in [1.165, 1.54) is 25.7 Å². The molecule has 1 rings (SSSR count). The van der Waals surface area contributed by atoms with Crippen molar-refractivity contribution in [2.45, 2.75) is 77.9 Å². The molecule has 0 saturated heterocycles. The molecule has 136 valence electrons. The summed E-state index contributed by atoms with van der Waals surface area (Å²) in [5.74, 6) is 0.479. The van der Waals surface area contributed by atoms with Crippen LogP contribution in [0.2, 0.25) is 0 Å². The smallest absolute Gasteiger partial charge is 0.407 e. The van der Waals surface area contributed by atoms with Crippen molar-refractivity contribution in [3.8, 4) is 0 Å². The lowest BCUT2D eigenvalue weighted by atomic mass is 9.84. The fourth-order valence-corrected chi connectivity index (χ4v) is 2.91. The molecule has 0 aromatic rings. The Kier molecular flexibility index (Phi) is 9.56. The first kappa shape index (κ1) is 20.2. The lowest BCUT2D eigenvalue weighted by Crippen LogP contribution is -2.45. The Balaban J connectivity index is 2.24. The van der Waals surface area contributed by atoms with Crippen LogP contribution in [-0.4, -0.2) is 44.0 Å². The highest BCUT2D eigenvalue weighted by Crippen LogP contribution is 2.24. The van der Waals surface area contributed by atoms with Crippen molar-refractivity contribution in [1.29, 1.82) is 0 Å². The van der Waals surface area contributed by atoms with E-state index in [9.17, 15) is 4.79 Å². The molecule has 0 radical (unpaired) electrons. The van der Waals surface area contributed by atoms with Gasteiger partial charge in [-0.3, -0.25) is 0 Å². The maximum Gasteiger partial charge on any atom is 0.407 e. The van der Waals surface area contributed by atoms with E-state index >= 15 is 0 Å². The van der Waals surface area contributed by atoms with Gasteiger partial charge in [0.25, 0.3) is 0 Å².